The monoisotopic (exact) mass is 240 g/mol. The molecule has 0 spiro atoms. The van der Waals surface area contributed by atoms with Gasteiger partial charge in [0.05, 0.1) is 10.7 Å². The summed E-state index contributed by atoms with van der Waals surface area (Å²) in [6, 6.07) is 5.10. The molecule has 1 heterocycles. The van der Waals surface area contributed by atoms with Crippen molar-refractivity contribution in [2.24, 2.45) is 7.05 Å². The first-order chi connectivity index (χ1) is 7.61. The van der Waals surface area contributed by atoms with E-state index in [1.807, 2.05) is 6.26 Å². The zero-order chi connectivity index (χ0) is 11.7. The third-order valence-corrected chi connectivity index (χ3v) is 3.05. The van der Waals surface area contributed by atoms with Gasteiger partial charge < -0.3 is 0 Å². The molecular formula is C11H10F2N2S. The molecule has 0 N–H and O–H groups in total. The van der Waals surface area contributed by atoms with Crippen LogP contribution in [0.5, 0.6) is 0 Å². The number of aromatic nitrogens is 2. The summed E-state index contributed by atoms with van der Waals surface area (Å²) in [5.41, 5.74) is 0.639. The van der Waals surface area contributed by atoms with Crippen LogP contribution in [-0.2, 0) is 7.05 Å². The number of halogens is 2. The number of benzene rings is 1. The van der Waals surface area contributed by atoms with Crippen molar-refractivity contribution >= 4 is 11.8 Å². The lowest BCUT2D eigenvalue weighted by molar-refractivity contribution is 0.602. The highest BCUT2D eigenvalue weighted by atomic mass is 32.2. The molecule has 2 aromatic rings. The van der Waals surface area contributed by atoms with Crippen LogP contribution in [0.1, 0.15) is 0 Å². The molecule has 0 bridgehead atoms. The first-order valence-corrected chi connectivity index (χ1v) is 5.87. The standard InChI is InChI=1S/C11H10F2N2S/c1-15-11(16-2)6-10(14-15)8-5-7(12)3-4-9(8)13/h3-6H,1-2H3. The smallest absolute Gasteiger partial charge is 0.132 e. The minimum absolute atomic E-state index is 0.191. The van der Waals surface area contributed by atoms with Crippen LogP contribution < -0.4 is 0 Å². The second kappa shape index (κ2) is 4.25. The zero-order valence-corrected chi connectivity index (χ0v) is 9.68. The number of hydrogen-bond acceptors (Lipinski definition) is 2. The van der Waals surface area contributed by atoms with Crippen LogP contribution in [0.15, 0.2) is 29.3 Å². The molecule has 16 heavy (non-hydrogen) atoms. The molecule has 0 aliphatic carbocycles. The Morgan fingerprint density at radius 1 is 1.25 bits per heavy atom. The van der Waals surface area contributed by atoms with E-state index in [1.54, 1.807) is 17.8 Å². The number of nitrogens with zero attached hydrogens (tertiary/aromatic N) is 2. The fraction of sp³-hybridized carbons (Fsp3) is 0.182. The molecule has 5 heteroatoms. The van der Waals surface area contributed by atoms with Gasteiger partial charge in [-0.25, -0.2) is 8.78 Å². The number of thioether (sulfide) groups is 1. The van der Waals surface area contributed by atoms with Gasteiger partial charge in [0.15, 0.2) is 0 Å². The maximum Gasteiger partial charge on any atom is 0.132 e. The van der Waals surface area contributed by atoms with E-state index in [-0.39, 0.29) is 5.56 Å². The molecule has 84 valence electrons. The SMILES string of the molecule is CSc1cc(-c2cc(F)ccc2F)nn1C. The van der Waals surface area contributed by atoms with Crippen molar-refractivity contribution in [3.63, 3.8) is 0 Å². The average molecular weight is 240 g/mol. The summed E-state index contributed by atoms with van der Waals surface area (Å²) in [5.74, 6) is -0.931. The van der Waals surface area contributed by atoms with Gasteiger partial charge in [0, 0.05) is 12.6 Å². The van der Waals surface area contributed by atoms with Crippen LogP contribution in [-0.4, -0.2) is 16.0 Å². The Hall–Kier alpha value is -1.36. The third-order valence-electron chi connectivity index (χ3n) is 2.25. The third kappa shape index (κ3) is 1.95. The van der Waals surface area contributed by atoms with E-state index in [0.717, 1.165) is 23.2 Å². The van der Waals surface area contributed by atoms with Gasteiger partial charge in [-0.1, -0.05) is 0 Å². The lowest BCUT2D eigenvalue weighted by Crippen LogP contribution is -1.92. The van der Waals surface area contributed by atoms with E-state index in [4.69, 9.17) is 0 Å². The summed E-state index contributed by atoms with van der Waals surface area (Å²) in [6.45, 7) is 0. The molecule has 0 radical (unpaired) electrons. The maximum absolute atomic E-state index is 13.5. The average Bonchev–Trinajstić information content (AvgIpc) is 2.63. The molecular weight excluding hydrogens is 230 g/mol. The molecule has 2 nitrogen and oxygen atoms in total. The van der Waals surface area contributed by atoms with Crippen LogP contribution in [0, 0.1) is 11.6 Å². The van der Waals surface area contributed by atoms with E-state index >= 15 is 0 Å². The molecule has 1 aromatic heterocycles. The highest BCUT2D eigenvalue weighted by molar-refractivity contribution is 7.98. The first kappa shape index (κ1) is 11.1. The fourth-order valence-corrected chi connectivity index (χ4v) is 2.00. The Kier molecular flexibility index (Phi) is 2.96. The van der Waals surface area contributed by atoms with Crippen molar-refractivity contribution in [2.75, 3.05) is 6.26 Å². The highest BCUT2D eigenvalue weighted by Gasteiger charge is 2.11. The molecule has 0 saturated heterocycles. The second-order valence-electron chi connectivity index (χ2n) is 3.32. The van der Waals surface area contributed by atoms with Gasteiger partial charge in [-0.2, -0.15) is 5.10 Å². The van der Waals surface area contributed by atoms with Gasteiger partial charge >= 0.3 is 0 Å². The minimum atomic E-state index is -0.466. The van der Waals surface area contributed by atoms with Crippen LogP contribution in [0.3, 0.4) is 0 Å². The van der Waals surface area contributed by atoms with E-state index in [9.17, 15) is 8.78 Å². The number of hydrogen-bond donors (Lipinski definition) is 0. The van der Waals surface area contributed by atoms with Gasteiger partial charge in [0.2, 0.25) is 0 Å². The topological polar surface area (TPSA) is 17.8 Å². The van der Waals surface area contributed by atoms with Crippen molar-refractivity contribution < 1.29 is 8.78 Å². The Labute approximate surface area is 96.3 Å². The van der Waals surface area contributed by atoms with Gasteiger partial charge in [-0.3, -0.25) is 4.68 Å². The molecule has 0 fully saturated rings. The van der Waals surface area contributed by atoms with Crippen molar-refractivity contribution in [3.8, 4) is 11.3 Å². The second-order valence-corrected chi connectivity index (χ2v) is 4.15. The van der Waals surface area contributed by atoms with Crippen LogP contribution in [0.25, 0.3) is 11.3 Å². The molecule has 0 unspecified atom stereocenters. The maximum atomic E-state index is 13.5. The predicted octanol–water partition coefficient (Wildman–Crippen LogP) is 3.09. The number of aryl methyl sites for hydroxylation is 1. The summed E-state index contributed by atoms with van der Waals surface area (Å²) in [7, 11) is 1.77. The van der Waals surface area contributed by atoms with Gasteiger partial charge in [0.25, 0.3) is 0 Å². The van der Waals surface area contributed by atoms with E-state index < -0.39 is 11.6 Å². The summed E-state index contributed by atoms with van der Waals surface area (Å²) in [5, 5.41) is 5.04. The van der Waals surface area contributed by atoms with Gasteiger partial charge in [0.1, 0.15) is 11.6 Å². The lowest BCUT2D eigenvalue weighted by atomic mass is 10.1. The summed E-state index contributed by atoms with van der Waals surface area (Å²) in [4.78, 5) is 0. The van der Waals surface area contributed by atoms with Crippen LogP contribution in [0.4, 0.5) is 8.78 Å². The summed E-state index contributed by atoms with van der Waals surface area (Å²) in [6.07, 6.45) is 1.91. The van der Waals surface area contributed by atoms with Crippen LogP contribution >= 0.6 is 11.8 Å². The van der Waals surface area contributed by atoms with Crippen LogP contribution in [0.2, 0.25) is 0 Å². The first-order valence-electron chi connectivity index (χ1n) is 4.65. The van der Waals surface area contributed by atoms with E-state index in [1.165, 1.54) is 11.8 Å². The van der Waals surface area contributed by atoms with Gasteiger partial charge in [-0.15, -0.1) is 11.8 Å². The predicted molar refractivity (Wildman–Crippen MR) is 60.3 cm³/mol. The highest BCUT2D eigenvalue weighted by Crippen LogP contribution is 2.26. The molecule has 1 aromatic carbocycles. The lowest BCUT2D eigenvalue weighted by Gasteiger charge is -1.98. The molecule has 0 amide bonds. The molecule has 2 rings (SSSR count). The fourth-order valence-electron chi connectivity index (χ4n) is 1.47. The molecule has 0 aliphatic heterocycles. The number of rotatable bonds is 2. The van der Waals surface area contributed by atoms with E-state index in [0.29, 0.717) is 5.69 Å². The Balaban J connectivity index is 2.53. The largest absolute Gasteiger partial charge is 0.262 e. The summed E-state index contributed by atoms with van der Waals surface area (Å²) < 4.78 is 28.1. The molecule has 0 saturated carbocycles. The van der Waals surface area contributed by atoms with Crippen molar-refractivity contribution in [2.45, 2.75) is 5.03 Å². The summed E-state index contributed by atoms with van der Waals surface area (Å²) >= 11 is 1.51. The normalized spacial score (nSPS) is 10.8. The molecule has 0 aliphatic rings. The Morgan fingerprint density at radius 2 is 2.00 bits per heavy atom. The van der Waals surface area contributed by atoms with Gasteiger partial charge in [-0.05, 0) is 30.5 Å². The minimum Gasteiger partial charge on any atom is -0.262 e. The van der Waals surface area contributed by atoms with Crippen molar-refractivity contribution in [1.29, 1.82) is 0 Å². The van der Waals surface area contributed by atoms with E-state index in [2.05, 4.69) is 5.10 Å². The van der Waals surface area contributed by atoms with Crippen molar-refractivity contribution in [3.05, 3.63) is 35.9 Å². The molecule has 0 atom stereocenters. The quantitative estimate of drug-likeness (QED) is 0.751. The zero-order valence-electron chi connectivity index (χ0n) is 8.87. The Morgan fingerprint density at radius 3 is 2.62 bits per heavy atom. The Bertz CT molecular complexity index is 523. The van der Waals surface area contributed by atoms with Crippen molar-refractivity contribution in [1.82, 2.24) is 9.78 Å².